The van der Waals surface area contributed by atoms with Gasteiger partial charge in [-0.15, -0.1) is 0 Å². The SMILES string of the molecule is CC(N)(CN)C(=O)OC1C2CC3C(=O)OC1C3C2. The van der Waals surface area contributed by atoms with E-state index in [1.54, 1.807) is 6.92 Å². The van der Waals surface area contributed by atoms with Crippen molar-refractivity contribution in [1.29, 1.82) is 0 Å². The Kier molecular flexibility index (Phi) is 2.44. The van der Waals surface area contributed by atoms with Crippen LogP contribution in [0.2, 0.25) is 0 Å². The molecule has 3 rings (SSSR count). The second-order valence-electron chi connectivity index (χ2n) is 5.89. The van der Waals surface area contributed by atoms with Crippen molar-refractivity contribution >= 4 is 11.9 Å². The first-order valence-electron chi connectivity index (χ1n) is 6.34. The maximum atomic E-state index is 11.9. The molecule has 6 nitrogen and oxygen atoms in total. The standard InChI is InChI=1S/C12H18N2O4/c1-12(14,4-13)11(16)18-8-5-2-6-7(3-5)10(15)17-9(6)8/h5-9H,2-4,13-14H2,1H3. The molecule has 2 aliphatic carbocycles. The fourth-order valence-electron chi connectivity index (χ4n) is 3.41. The van der Waals surface area contributed by atoms with Gasteiger partial charge in [-0.3, -0.25) is 9.59 Å². The summed E-state index contributed by atoms with van der Waals surface area (Å²) >= 11 is 0. The molecule has 0 aromatic rings. The first-order valence-corrected chi connectivity index (χ1v) is 6.34. The fraction of sp³-hybridized carbons (Fsp3) is 0.833. The number of fused-ring (bicyclic) bond motifs is 1. The normalized spacial score (nSPS) is 43.7. The van der Waals surface area contributed by atoms with Gasteiger partial charge < -0.3 is 20.9 Å². The smallest absolute Gasteiger partial charge is 0.327 e. The van der Waals surface area contributed by atoms with Crippen LogP contribution in [0.1, 0.15) is 19.8 Å². The van der Waals surface area contributed by atoms with E-state index in [1.165, 1.54) is 0 Å². The predicted molar refractivity (Wildman–Crippen MR) is 61.1 cm³/mol. The monoisotopic (exact) mass is 254 g/mol. The molecule has 1 saturated heterocycles. The Morgan fingerprint density at radius 3 is 2.94 bits per heavy atom. The van der Waals surface area contributed by atoms with Gasteiger partial charge in [-0.05, 0) is 19.8 Å². The molecule has 3 fully saturated rings. The van der Waals surface area contributed by atoms with Crippen LogP contribution in [0.4, 0.5) is 0 Å². The van der Waals surface area contributed by atoms with Crippen LogP contribution < -0.4 is 11.5 Å². The number of rotatable bonds is 3. The second-order valence-corrected chi connectivity index (χ2v) is 5.89. The first-order chi connectivity index (χ1) is 8.44. The summed E-state index contributed by atoms with van der Waals surface area (Å²) in [5.41, 5.74) is 10.0. The summed E-state index contributed by atoms with van der Waals surface area (Å²) in [5.74, 6) is -0.174. The Labute approximate surface area is 105 Å². The Bertz CT molecular complexity index is 409. The van der Waals surface area contributed by atoms with Gasteiger partial charge in [0.15, 0.2) is 0 Å². The van der Waals surface area contributed by atoms with E-state index in [4.69, 9.17) is 20.9 Å². The lowest BCUT2D eigenvalue weighted by atomic mass is 9.88. The zero-order valence-electron chi connectivity index (χ0n) is 10.3. The average molecular weight is 254 g/mol. The molecule has 0 aromatic heterocycles. The van der Waals surface area contributed by atoms with E-state index in [0.29, 0.717) is 0 Å². The molecule has 6 heteroatoms. The molecule has 2 bridgehead atoms. The van der Waals surface area contributed by atoms with Crippen LogP contribution in [0.5, 0.6) is 0 Å². The fourth-order valence-corrected chi connectivity index (χ4v) is 3.41. The summed E-state index contributed by atoms with van der Waals surface area (Å²) in [6, 6.07) is 0. The van der Waals surface area contributed by atoms with Gasteiger partial charge in [0, 0.05) is 18.4 Å². The van der Waals surface area contributed by atoms with Crippen molar-refractivity contribution in [2.24, 2.45) is 29.2 Å². The van der Waals surface area contributed by atoms with Crippen LogP contribution in [0.3, 0.4) is 0 Å². The van der Waals surface area contributed by atoms with Crippen LogP contribution in [-0.2, 0) is 19.1 Å². The van der Waals surface area contributed by atoms with E-state index >= 15 is 0 Å². The van der Waals surface area contributed by atoms with Crippen LogP contribution >= 0.6 is 0 Å². The van der Waals surface area contributed by atoms with Crippen molar-refractivity contribution in [3.63, 3.8) is 0 Å². The lowest BCUT2D eigenvalue weighted by Crippen LogP contribution is -2.54. The van der Waals surface area contributed by atoms with E-state index in [9.17, 15) is 9.59 Å². The summed E-state index contributed by atoms with van der Waals surface area (Å²) in [4.78, 5) is 23.5. The van der Waals surface area contributed by atoms with Gasteiger partial charge in [0.1, 0.15) is 17.7 Å². The molecule has 100 valence electrons. The number of esters is 2. The van der Waals surface area contributed by atoms with E-state index in [2.05, 4.69) is 0 Å². The summed E-state index contributed by atoms with van der Waals surface area (Å²) in [5, 5.41) is 0. The molecule has 6 unspecified atom stereocenters. The number of carbonyl (C=O) groups is 2. The zero-order valence-corrected chi connectivity index (χ0v) is 10.3. The van der Waals surface area contributed by atoms with Crippen LogP contribution in [0, 0.1) is 17.8 Å². The van der Waals surface area contributed by atoms with Gasteiger partial charge in [0.05, 0.1) is 5.92 Å². The third kappa shape index (κ3) is 1.48. The Morgan fingerprint density at radius 2 is 2.28 bits per heavy atom. The molecule has 1 heterocycles. The highest BCUT2D eigenvalue weighted by Crippen LogP contribution is 2.55. The predicted octanol–water partition coefficient (Wildman–Crippen LogP) is -0.844. The molecule has 0 radical (unpaired) electrons. The Morgan fingerprint density at radius 1 is 1.56 bits per heavy atom. The van der Waals surface area contributed by atoms with Gasteiger partial charge in [0.2, 0.25) is 0 Å². The number of ether oxygens (including phenoxy) is 2. The molecule has 3 aliphatic rings. The van der Waals surface area contributed by atoms with Gasteiger partial charge in [-0.25, -0.2) is 0 Å². The Balaban J connectivity index is 1.73. The highest BCUT2D eigenvalue weighted by molar-refractivity contribution is 5.81. The van der Waals surface area contributed by atoms with Crippen LogP contribution in [0.15, 0.2) is 0 Å². The summed E-state index contributed by atoms with van der Waals surface area (Å²) in [7, 11) is 0. The molecule has 6 atom stereocenters. The number of hydrogen-bond donors (Lipinski definition) is 2. The average Bonchev–Trinajstić information content (AvgIpc) is 2.93. The minimum Gasteiger partial charge on any atom is -0.458 e. The van der Waals surface area contributed by atoms with Gasteiger partial charge in [0.25, 0.3) is 0 Å². The minimum atomic E-state index is -1.18. The van der Waals surface area contributed by atoms with Crippen molar-refractivity contribution in [2.75, 3.05) is 6.54 Å². The van der Waals surface area contributed by atoms with Crippen LogP contribution in [-0.4, -0.2) is 36.2 Å². The molecular formula is C12H18N2O4. The largest absolute Gasteiger partial charge is 0.458 e. The molecule has 0 spiro atoms. The molecule has 4 N–H and O–H groups in total. The van der Waals surface area contributed by atoms with Crippen molar-refractivity contribution < 1.29 is 19.1 Å². The highest BCUT2D eigenvalue weighted by Gasteiger charge is 2.63. The zero-order chi connectivity index (χ0) is 13.1. The number of hydrogen-bond acceptors (Lipinski definition) is 6. The van der Waals surface area contributed by atoms with E-state index in [0.717, 1.165) is 12.8 Å². The molecule has 18 heavy (non-hydrogen) atoms. The third-order valence-electron chi connectivity index (χ3n) is 4.55. The van der Waals surface area contributed by atoms with Crippen molar-refractivity contribution in [1.82, 2.24) is 0 Å². The summed E-state index contributed by atoms with van der Waals surface area (Å²) in [6.45, 7) is 1.58. The lowest BCUT2D eigenvalue weighted by molar-refractivity contribution is -0.166. The third-order valence-corrected chi connectivity index (χ3v) is 4.55. The minimum absolute atomic E-state index is 0.0220. The van der Waals surface area contributed by atoms with Gasteiger partial charge in [-0.1, -0.05) is 0 Å². The number of carbonyl (C=O) groups excluding carboxylic acids is 2. The van der Waals surface area contributed by atoms with Gasteiger partial charge in [-0.2, -0.15) is 0 Å². The summed E-state index contributed by atoms with van der Waals surface area (Å²) in [6.07, 6.45) is 1.07. The van der Waals surface area contributed by atoms with Gasteiger partial charge >= 0.3 is 11.9 Å². The quantitative estimate of drug-likeness (QED) is 0.636. The Hall–Kier alpha value is -1.14. The highest BCUT2D eigenvalue weighted by atomic mass is 16.6. The number of nitrogens with two attached hydrogens (primary N) is 2. The van der Waals surface area contributed by atoms with E-state index in [-0.39, 0.29) is 42.5 Å². The van der Waals surface area contributed by atoms with Crippen molar-refractivity contribution in [2.45, 2.75) is 37.5 Å². The molecule has 0 amide bonds. The first kappa shape index (κ1) is 11.9. The maximum absolute atomic E-state index is 11.9. The van der Waals surface area contributed by atoms with Crippen molar-refractivity contribution in [3.8, 4) is 0 Å². The molecule has 1 aliphatic heterocycles. The maximum Gasteiger partial charge on any atom is 0.327 e. The van der Waals surface area contributed by atoms with Crippen molar-refractivity contribution in [3.05, 3.63) is 0 Å². The molecule has 0 aromatic carbocycles. The van der Waals surface area contributed by atoms with E-state index < -0.39 is 11.5 Å². The summed E-state index contributed by atoms with van der Waals surface area (Å²) < 4.78 is 10.8. The topological polar surface area (TPSA) is 105 Å². The molecular weight excluding hydrogens is 236 g/mol. The second kappa shape index (κ2) is 3.68. The van der Waals surface area contributed by atoms with E-state index in [1.807, 2.05) is 0 Å². The lowest BCUT2D eigenvalue weighted by Gasteiger charge is -2.29. The van der Waals surface area contributed by atoms with Crippen LogP contribution in [0.25, 0.3) is 0 Å². The molecule has 2 saturated carbocycles.